The van der Waals surface area contributed by atoms with Crippen molar-refractivity contribution in [2.45, 2.75) is 52.5 Å². The molecule has 3 amide bonds. The molecule has 10 heteroatoms. The number of aromatic nitrogens is 4. The van der Waals surface area contributed by atoms with Gasteiger partial charge in [-0.25, -0.2) is 0 Å². The minimum Gasteiger partial charge on any atom is -0.354 e. The molecule has 0 saturated carbocycles. The molecular weight excluding hydrogens is 470 g/mol. The Morgan fingerprint density at radius 2 is 1.59 bits per heavy atom. The highest BCUT2D eigenvalue weighted by Gasteiger charge is 2.22. The maximum Gasteiger partial charge on any atom is 0.251 e. The Balaban J connectivity index is 1.63. The third kappa shape index (κ3) is 8.52. The van der Waals surface area contributed by atoms with E-state index < -0.39 is 6.04 Å². The highest BCUT2D eigenvalue weighted by Crippen LogP contribution is 2.14. The molecule has 1 atom stereocenters. The third-order valence-corrected chi connectivity index (χ3v) is 5.90. The molecule has 3 rings (SSSR count). The zero-order chi connectivity index (χ0) is 26.6. The lowest BCUT2D eigenvalue weighted by atomic mass is 10.1. The van der Waals surface area contributed by atoms with Gasteiger partial charge in [-0.3, -0.25) is 14.4 Å². The van der Waals surface area contributed by atoms with Crippen LogP contribution in [0.15, 0.2) is 48.5 Å². The standard InChI is InChI=1S/C27H35N7O3/c1-4-5-6-19-7-9-22(10-8-19)26(36)30-23(27(37)28-16-15-18(2)3)17-29-25(35)21-13-11-20(12-14-21)24-31-33-34-32-24/h7-14,18,23H,4-6,15-17H2,1-3H3,(H,28,37)(H,29,35)(H,30,36)(H,31,32,33,34)/t23-/m0/s1. The summed E-state index contributed by atoms with van der Waals surface area (Å²) in [6.07, 6.45) is 3.96. The van der Waals surface area contributed by atoms with Crippen molar-refractivity contribution < 1.29 is 14.4 Å². The van der Waals surface area contributed by atoms with E-state index in [1.165, 1.54) is 5.56 Å². The minimum atomic E-state index is -0.929. The van der Waals surface area contributed by atoms with E-state index in [2.05, 4.69) is 57.3 Å². The van der Waals surface area contributed by atoms with Gasteiger partial charge in [0.05, 0.1) is 0 Å². The molecule has 10 nitrogen and oxygen atoms in total. The molecule has 0 spiro atoms. The summed E-state index contributed by atoms with van der Waals surface area (Å²) in [4.78, 5) is 38.5. The molecule has 0 aliphatic carbocycles. The minimum absolute atomic E-state index is 0.0563. The van der Waals surface area contributed by atoms with Crippen LogP contribution in [0.3, 0.4) is 0 Å². The fraction of sp³-hybridized carbons (Fsp3) is 0.407. The number of hydrogen-bond donors (Lipinski definition) is 4. The van der Waals surface area contributed by atoms with Gasteiger partial charge in [-0.2, -0.15) is 5.21 Å². The second kappa shape index (κ2) is 13.9. The summed E-state index contributed by atoms with van der Waals surface area (Å²) in [6.45, 7) is 6.71. The lowest BCUT2D eigenvalue weighted by molar-refractivity contribution is -0.122. The van der Waals surface area contributed by atoms with E-state index in [0.717, 1.165) is 25.7 Å². The van der Waals surface area contributed by atoms with Crippen LogP contribution in [0.4, 0.5) is 0 Å². The van der Waals surface area contributed by atoms with Gasteiger partial charge in [0.15, 0.2) is 0 Å². The van der Waals surface area contributed by atoms with E-state index in [4.69, 9.17) is 0 Å². The fourth-order valence-corrected chi connectivity index (χ4v) is 3.61. The average molecular weight is 506 g/mol. The number of unbranched alkanes of at least 4 members (excludes halogenated alkanes) is 1. The van der Waals surface area contributed by atoms with Crippen molar-refractivity contribution in [1.29, 1.82) is 0 Å². The first-order valence-corrected chi connectivity index (χ1v) is 12.7. The molecule has 0 aliphatic rings. The number of carbonyl (C=O) groups is 3. The highest BCUT2D eigenvalue weighted by molar-refractivity contribution is 5.98. The largest absolute Gasteiger partial charge is 0.354 e. The SMILES string of the molecule is CCCCc1ccc(C(=O)N[C@@H](CNC(=O)c2ccc(-c3nn[nH]n3)cc2)C(=O)NCCC(C)C)cc1. The lowest BCUT2D eigenvalue weighted by Crippen LogP contribution is -2.52. The van der Waals surface area contributed by atoms with Crippen molar-refractivity contribution in [3.05, 3.63) is 65.2 Å². The van der Waals surface area contributed by atoms with Crippen LogP contribution in [0.5, 0.6) is 0 Å². The molecule has 3 aromatic rings. The van der Waals surface area contributed by atoms with Gasteiger partial charge in [-0.1, -0.05) is 51.5 Å². The molecule has 196 valence electrons. The van der Waals surface area contributed by atoms with Gasteiger partial charge in [0, 0.05) is 29.8 Å². The maximum atomic E-state index is 12.9. The third-order valence-electron chi connectivity index (χ3n) is 5.90. The van der Waals surface area contributed by atoms with Crippen LogP contribution in [-0.4, -0.2) is 57.5 Å². The van der Waals surface area contributed by atoms with Gasteiger partial charge in [-0.15, -0.1) is 10.2 Å². The van der Waals surface area contributed by atoms with E-state index in [9.17, 15) is 14.4 Å². The maximum absolute atomic E-state index is 12.9. The van der Waals surface area contributed by atoms with E-state index in [-0.39, 0.29) is 24.3 Å². The number of nitrogens with zero attached hydrogens (tertiary/aromatic N) is 3. The Morgan fingerprint density at radius 3 is 2.22 bits per heavy atom. The van der Waals surface area contributed by atoms with Crippen LogP contribution >= 0.6 is 0 Å². The predicted octanol–water partition coefficient (Wildman–Crippen LogP) is 2.90. The number of rotatable bonds is 13. The zero-order valence-corrected chi connectivity index (χ0v) is 21.6. The summed E-state index contributed by atoms with van der Waals surface area (Å²) in [7, 11) is 0. The number of H-pyrrole nitrogens is 1. The Kier molecular flexibility index (Phi) is 10.3. The number of tetrazole rings is 1. The van der Waals surface area contributed by atoms with E-state index in [0.29, 0.717) is 35.0 Å². The second-order valence-corrected chi connectivity index (χ2v) is 9.32. The van der Waals surface area contributed by atoms with Crippen LogP contribution in [0, 0.1) is 5.92 Å². The monoisotopic (exact) mass is 505 g/mol. The van der Waals surface area contributed by atoms with Crippen molar-refractivity contribution in [1.82, 2.24) is 36.6 Å². The summed E-state index contributed by atoms with van der Waals surface area (Å²) >= 11 is 0. The average Bonchev–Trinajstić information content (AvgIpc) is 3.45. The number of aromatic amines is 1. The predicted molar refractivity (Wildman–Crippen MR) is 141 cm³/mol. The van der Waals surface area contributed by atoms with Crippen LogP contribution < -0.4 is 16.0 Å². The van der Waals surface area contributed by atoms with Crippen molar-refractivity contribution in [3.8, 4) is 11.4 Å². The van der Waals surface area contributed by atoms with E-state index in [1.54, 1.807) is 36.4 Å². The summed E-state index contributed by atoms with van der Waals surface area (Å²) in [6, 6.07) is 13.2. The van der Waals surface area contributed by atoms with Gasteiger partial charge < -0.3 is 16.0 Å². The van der Waals surface area contributed by atoms with Gasteiger partial charge in [0.25, 0.3) is 11.8 Å². The second-order valence-electron chi connectivity index (χ2n) is 9.32. The molecule has 0 aliphatic heterocycles. The molecule has 1 heterocycles. The molecule has 0 unspecified atom stereocenters. The molecule has 0 fully saturated rings. The fourth-order valence-electron chi connectivity index (χ4n) is 3.61. The number of aryl methyl sites for hydroxylation is 1. The van der Waals surface area contributed by atoms with Crippen molar-refractivity contribution >= 4 is 17.7 Å². The summed E-state index contributed by atoms with van der Waals surface area (Å²) in [5.41, 5.74) is 2.74. The summed E-state index contributed by atoms with van der Waals surface area (Å²) < 4.78 is 0. The van der Waals surface area contributed by atoms with Gasteiger partial charge >= 0.3 is 0 Å². The van der Waals surface area contributed by atoms with Crippen molar-refractivity contribution in [2.24, 2.45) is 5.92 Å². The quantitative estimate of drug-likeness (QED) is 0.281. The van der Waals surface area contributed by atoms with Gasteiger partial charge in [0.2, 0.25) is 11.7 Å². The van der Waals surface area contributed by atoms with Gasteiger partial charge in [-0.05, 0) is 60.2 Å². The molecule has 37 heavy (non-hydrogen) atoms. The number of carbonyl (C=O) groups excluding carboxylic acids is 3. The number of benzene rings is 2. The number of nitrogens with one attached hydrogen (secondary N) is 4. The Hall–Kier alpha value is -4.08. The van der Waals surface area contributed by atoms with E-state index in [1.807, 2.05) is 12.1 Å². The number of amides is 3. The number of hydrogen-bond acceptors (Lipinski definition) is 6. The highest BCUT2D eigenvalue weighted by atomic mass is 16.2. The van der Waals surface area contributed by atoms with Crippen molar-refractivity contribution in [2.75, 3.05) is 13.1 Å². The van der Waals surface area contributed by atoms with Crippen LogP contribution in [-0.2, 0) is 11.2 Å². The van der Waals surface area contributed by atoms with Crippen LogP contribution in [0.1, 0.15) is 66.3 Å². The molecular formula is C27H35N7O3. The molecule has 1 aromatic heterocycles. The van der Waals surface area contributed by atoms with Crippen LogP contribution in [0.2, 0.25) is 0 Å². The first-order chi connectivity index (χ1) is 17.9. The first kappa shape index (κ1) is 27.5. The first-order valence-electron chi connectivity index (χ1n) is 12.7. The lowest BCUT2D eigenvalue weighted by Gasteiger charge is -2.20. The van der Waals surface area contributed by atoms with Crippen molar-refractivity contribution in [3.63, 3.8) is 0 Å². The zero-order valence-electron chi connectivity index (χ0n) is 21.6. The normalized spacial score (nSPS) is 11.7. The summed E-state index contributed by atoms with van der Waals surface area (Å²) in [5.74, 6) is -0.235. The smallest absolute Gasteiger partial charge is 0.251 e. The Labute approximate surface area is 217 Å². The molecule has 2 aromatic carbocycles. The van der Waals surface area contributed by atoms with Crippen LogP contribution in [0.25, 0.3) is 11.4 Å². The molecule has 0 bridgehead atoms. The molecule has 0 saturated heterocycles. The Morgan fingerprint density at radius 1 is 0.919 bits per heavy atom. The van der Waals surface area contributed by atoms with Gasteiger partial charge in [0.1, 0.15) is 6.04 Å². The molecule has 0 radical (unpaired) electrons. The van der Waals surface area contributed by atoms with E-state index >= 15 is 0 Å². The Bertz CT molecular complexity index is 1140. The summed E-state index contributed by atoms with van der Waals surface area (Å²) in [5, 5.41) is 22.1. The topological polar surface area (TPSA) is 142 Å². The molecule has 4 N–H and O–H groups in total.